The molecule has 33 heavy (non-hydrogen) atoms. The number of carbonyl (C=O) groups is 3. The third-order valence-corrected chi connectivity index (χ3v) is 6.18. The summed E-state index contributed by atoms with van der Waals surface area (Å²) in [5, 5.41) is 11.3. The van der Waals surface area contributed by atoms with E-state index >= 15 is 0 Å². The maximum atomic E-state index is 14.1. The standard InChI is InChI=1S/C26H26N2O5/c1-4-14-27-20-9-6-5-8-19(20)26(25(27)32)21(22(29)18-12-10-17(2)11-13-18)23(30)24(31)28(26)15-7-16-33-3/h4-6,8-13,29H,1,7,14-16H2,2-3H3/t26-/m0/s1. The minimum atomic E-state index is -1.75. The zero-order valence-electron chi connectivity index (χ0n) is 18.7. The van der Waals surface area contributed by atoms with Crippen molar-refractivity contribution in [3.05, 3.63) is 83.4 Å². The third kappa shape index (κ3) is 3.27. The van der Waals surface area contributed by atoms with Crippen LogP contribution in [0.2, 0.25) is 0 Å². The molecule has 0 aromatic heterocycles. The Kier molecular flexibility index (Phi) is 5.91. The number of Topliss-reactive ketones (excluding diaryl/α,β-unsaturated/α-hetero) is 1. The van der Waals surface area contributed by atoms with E-state index in [-0.39, 0.29) is 24.4 Å². The predicted octanol–water partition coefficient (Wildman–Crippen LogP) is 3.14. The Bertz CT molecular complexity index is 1170. The molecular formula is C26H26N2O5. The van der Waals surface area contributed by atoms with Crippen LogP contribution in [0.15, 0.2) is 66.8 Å². The number of para-hydroxylation sites is 1. The molecule has 2 aliphatic rings. The van der Waals surface area contributed by atoms with Crippen molar-refractivity contribution in [1.29, 1.82) is 0 Å². The fourth-order valence-corrected chi connectivity index (χ4v) is 4.70. The van der Waals surface area contributed by atoms with Crippen LogP contribution in [0.4, 0.5) is 5.69 Å². The van der Waals surface area contributed by atoms with E-state index in [4.69, 9.17) is 4.74 Å². The molecule has 7 nitrogen and oxygen atoms in total. The predicted molar refractivity (Wildman–Crippen MR) is 125 cm³/mol. The Hall–Kier alpha value is -3.71. The Morgan fingerprint density at radius 2 is 1.82 bits per heavy atom. The summed E-state index contributed by atoms with van der Waals surface area (Å²) in [5.41, 5.74) is 0.440. The molecule has 170 valence electrons. The van der Waals surface area contributed by atoms with Gasteiger partial charge in [0.15, 0.2) is 5.54 Å². The van der Waals surface area contributed by atoms with Gasteiger partial charge in [0.2, 0.25) is 0 Å². The summed E-state index contributed by atoms with van der Waals surface area (Å²) in [6.45, 7) is 6.32. The minimum absolute atomic E-state index is 0.116. The Morgan fingerprint density at radius 3 is 2.48 bits per heavy atom. The number of benzene rings is 2. The molecule has 2 amide bonds. The fourth-order valence-electron chi connectivity index (χ4n) is 4.70. The molecule has 1 atom stereocenters. The number of aliphatic hydroxyl groups excluding tert-OH is 1. The number of likely N-dealkylation sites (tertiary alicyclic amines) is 1. The average molecular weight is 447 g/mol. The average Bonchev–Trinajstić information content (AvgIpc) is 3.19. The fraction of sp³-hybridized carbons (Fsp3) is 0.269. The van der Waals surface area contributed by atoms with Crippen molar-refractivity contribution < 1.29 is 24.2 Å². The number of hydrogen-bond acceptors (Lipinski definition) is 5. The highest BCUT2D eigenvalue weighted by Gasteiger charge is 2.66. The van der Waals surface area contributed by atoms with Gasteiger partial charge in [-0.15, -0.1) is 6.58 Å². The molecule has 0 saturated carbocycles. The summed E-state index contributed by atoms with van der Waals surface area (Å²) in [4.78, 5) is 43.5. The molecule has 4 rings (SSSR count). The molecule has 0 radical (unpaired) electrons. The highest BCUT2D eigenvalue weighted by atomic mass is 16.5. The lowest BCUT2D eigenvalue weighted by molar-refractivity contribution is -0.143. The van der Waals surface area contributed by atoms with Gasteiger partial charge in [0.05, 0.1) is 11.3 Å². The lowest BCUT2D eigenvalue weighted by atomic mass is 9.81. The first-order chi connectivity index (χ1) is 15.9. The van der Waals surface area contributed by atoms with E-state index in [2.05, 4.69) is 6.58 Å². The number of hydrogen-bond donors (Lipinski definition) is 1. The molecule has 2 aromatic carbocycles. The van der Waals surface area contributed by atoms with Gasteiger partial charge in [0.25, 0.3) is 17.6 Å². The number of methoxy groups -OCH3 is 1. The summed E-state index contributed by atoms with van der Waals surface area (Å²) in [6.07, 6.45) is 2.01. The second-order valence-corrected chi connectivity index (χ2v) is 8.15. The first-order valence-electron chi connectivity index (χ1n) is 10.8. The molecule has 7 heteroatoms. The van der Waals surface area contributed by atoms with Gasteiger partial charge in [-0.3, -0.25) is 14.4 Å². The smallest absolute Gasteiger partial charge is 0.296 e. The number of aliphatic hydroxyl groups is 1. The minimum Gasteiger partial charge on any atom is -0.507 e. The molecule has 1 spiro atoms. The lowest BCUT2D eigenvalue weighted by Crippen LogP contribution is -2.52. The number of anilines is 1. The van der Waals surface area contributed by atoms with Crippen LogP contribution in [0, 0.1) is 6.92 Å². The Balaban J connectivity index is 2.02. The van der Waals surface area contributed by atoms with Crippen molar-refractivity contribution in [2.45, 2.75) is 18.9 Å². The zero-order valence-corrected chi connectivity index (χ0v) is 18.7. The van der Waals surface area contributed by atoms with Crippen LogP contribution in [-0.4, -0.2) is 54.4 Å². The summed E-state index contributed by atoms with van der Waals surface area (Å²) in [6, 6.07) is 14.0. The van der Waals surface area contributed by atoms with E-state index in [1.165, 1.54) is 9.80 Å². The van der Waals surface area contributed by atoms with E-state index in [0.29, 0.717) is 29.8 Å². The van der Waals surface area contributed by atoms with E-state index in [0.717, 1.165) is 5.56 Å². The van der Waals surface area contributed by atoms with Crippen molar-refractivity contribution >= 4 is 29.0 Å². The molecule has 2 aromatic rings. The van der Waals surface area contributed by atoms with Crippen molar-refractivity contribution in [2.24, 2.45) is 0 Å². The number of nitrogens with zero attached hydrogens (tertiary/aromatic N) is 2. The SMILES string of the molecule is C=CCN1C(=O)[C@@]2(C(=C(O)c3ccc(C)cc3)C(=O)C(=O)N2CCCOC)c2ccccc21. The van der Waals surface area contributed by atoms with Crippen molar-refractivity contribution in [3.8, 4) is 0 Å². The van der Waals surface area contributed by atoms with E-state index in [1.54, 1.807) is 61.7 Å². The van der Waals surface area contributed by atoms with Crippen LogP contribution in [0.25, 0.3) is 5.76 Å². The molecule has 1 saturated heterocycles. The van der Waals surface area contributed by atoms with Crippen molar-refractivity contribution in [3.63, 3.8) is 0 Å². The van der Waals surface area contributed by atoms with Crippen LogP contribution in [-0.2, 0) is 24.7 Å². The second-order valence-electron chi connectivity index (χ2n) is 8.15. The van der Waals surface area contributed by atoms with E-state index < -0.39 is 23.1 Å². The number of ether oxygens (including phenoxy) is 1. The normalized spacial score (nSPS) is 21.2. The van der Waals surface area contributed by atoms with Gasteiger partial charge in [0, 0.05) is 37.9 Å². The quantitative estimate of drug-likeness (QED) is 0.232. The summed E-state index contributed by atoms with van der Waals surface area (Å²) in [7, 11) is 1.54. The summed E-state index contributed by atoms with van der Waals surface area (Å²) >= 11 is 0. The number of amides is 2. The van der Waals surface area contributed by atoms with Gasteiger partial charge in [-0.05, 0) is 19.4 Å². The summed E-state index contributed by atoms with van der Waals surface area (Å²) < 4.78 is 5.13. The Labute approximate surface area is 192 Å². The Morgan fingerprint density at radius 1 is 1.12 bits per heavy atom. The largest absolute Gasteiger partial charge is 0.507 e. The monoisotopic (exact) mass is 446 g/mol. The third-order valence-electron chi connectivity index (χ3n) is 6.18. The van der Waals surface area contributed by atoms with Gasteiger partial charge >= 0.3 is 0 Å². The number of carbonyl (C=O) groups excluding carboxylic acids is 3. The van der Waals surface area contributed by atoms with Crippen LogP contribution in [0.5, 0.6) is 0 Å². The first-order valence-corrected chi connectivity index (χ1v) is 10.8. The summed E-state index contributed by atoms with van der Waals surface area (Å²) in [5.74, 6) is -2.53. The number of rotatable bonds is 7. The highest BCUT2D eigenvalue weighted by Crippen LogP contribution is 2.53. The highest BCUT2D eigenvalue weighted by molar-refractivity contribution is 6.50. The lowest BCUT2D eigenvalue weighted by Gasteiger charge is -2.34. The van der Waals surface area contributed by atoms with E-state index in [1.807, 2.05) is 6.92 Å². The van der Waals surface area contributed by atoms with E-state index in [9.17, 15) is 19.5 Å². The number of fused-ring (bicyclic) bond motifs is 2. The number of aryl methyl sites for hydroxylation is 1. The van der Waals surface area contributed by atoms with Gasteiger partial charge in [-0.2, -0.15) is 0 Å². The number of ketones is 1. The molecule has 2 heterocycles. The topological polar surface area (TPSA) is 87.2 Å². The van der Waals surface area contributed by atoms with Crippen LogP contribution < -0.4 is 4.90 Å². The molecule has 0 bridgehead atoms. The van der Waals surface area contributed by atoms with Crippen LogP contribution in [0.1, 0.15) is 23.1 Å². The first kappa shape index (κ1) is 22.5. The van der Waals surface area contributed by atoms with Crippen LogP contribution >= 0.6 is 0 Å². The molecule has 1 fully saturated rings. The molecule has 0 aliphatic carbocycles. The maximum absolute atomic E-state index is 14.1. The molecule has 2 aliphatic heterocycles. The maximum Gasteiger partial charge on any atom is 0.296 e. The van der Waals surface area contributed by atoms with Gasteiger partial charge in [0.1, 0.15) is 5.76 Å². The molecular weight excluding hydrogens is 420 g/mol. The van der Waals surface area contributed by atoms with Gasteiger partial charge in [-0.25, -0.2) is 0 Å². The van der Waals surface area contributed by atoms with Crippen molar-refractivity contribution in [1.82, 2.24) is 4.90 Å². The van der Waals surface area contributed by atoms with Crippen LogP contribution in [0.3, 0.4) is 0 Å². The van der Waals surface area contributed by atoms with Gasteiger partial charge < -0.3 is 19.6 Å². The van der Waals surface area contributed by atoms with Crippen molar-refractivity contribution in [2.75, 3.05) is 31.7 Å². The molecule has 0 unspecified atom stereocenters. The molecule has 1 N–H and O–H groups in total. The van der Waals surface area contributed by atoms with Gasteiger partial charge in [-0.1, -0.05) is 54.1 Å². The zero-order chi connectivity index (χ0) is 23.8. The second kappa shape index (κ2) is 8.67.